The smallest absolute Gasteiger partial charge is 0.320 e. The van der Waals surface area contributed by atoms with E-state index in [-0.39, 0.29) is 6.03 Å². The topological polar surface area (TPSA) is 62.2 Å². The van der Waals surface area contributed by atoms with E-state index in [0.29, 0.717) is 12.4 Å². The standard InChI is InChI=1S/C8H12BN5O/c1-10-8(15)11-7-4-6-5-13(9)2-3-14(6)12-7/h4H,2-3,5H2,1H3,(H2,10,11,12,15). The van der Waals surface area contributed by atoms with Gasteiger partial charge in [-0.25, -0.2) is 4.79 Å². The molecule has 1 aromatic rings. The van der Waals surface area contributed by atoms with Crippen molar-refractivity contribution in [3.63, 3.8) is 0 Å². The Bertz CT molecular complexity index is 377. The van der Waals surface area contributed by atoms with Crippen LogP contribution in [0, 0.1) is 0 Å². The van der Waals surface area contributed by atoms with Gasteiger partial charge < -0.3 is 10.1 Å². The molecule has 2 rings (SSSR count). The molecule has 0 bridgehead atoms. The third-order valence-electron chi connectivity index (χ3n) is 2.30. The molecule has 2 amide bonds. The molecule has 15 heavy (non-hydrogen) atoms. The molecule has 0 spiro atoms. The highest BCUT2D eigenvalue weighted by Gasteiger charge is 2.15. The number of amides is 2. The van der Waals surface area contributed by atoms with Gasteiger partial charge in [-0.15, -0.1) is 0 Å². The highest BCUT2D eigenvalue weighted by atomic mass is 16.2. The van der Waals surface area contributed by atoms with Crippen LogP contribution in [-0.2, 0) is 13.1 Å². The summed E-state index contributed by atoms with van der Waals surface area (Å²) in [5.74, 6) is 0.555. The Morgan fingerprint density at radius 3 is 3.13 bits per heavy atom. The fraction of sp³-hybridized carbons (Fsp3) is 0.500. The lowest BCUT2D eigenvalue weighted by atomic mass is 10.2. The van der Waals surface area contributed by atoms with Crippen LogP contribution in [0.2, 0.25) is 0 Å². The van der Waals surface area contributed by atoms with E-state index in [1.54, 1.807) is 11.9 Å². The monoisotopic (exact) mass is 205 g/mol. The first kappa shape index (κ1) is 10.0. The average molecular weight is 205 g/mol. The van der Waals surface area contributed by atoms with Crippen LogP contribution >= 0.6 is 0 Å². The second-order valence-electron chi connectivity index (χ2n) is 3.42. The molecule has 1 aliphatic rings. The minimum absolute atomic E-state index is 0.268. The van der Waals surface area contributed by atoms with E-state index in [0.717, 1.165) is 18.8 Å². The number of carbonyl (C=O) groups is 1. The fourth-order valence-electron chi connectivity index (χ4n) is 1.53. The number of rotatable bonds is 1. The Morgan fingerprint density at radius 2 is 2.40 bits per heavy atom. The third-order valence-corrected chi connectivity index (χ3v) is 2.30. The van der Waals surface area contributed by atoms with Gasteiger partial charge in [0.1, 0.15) is 0 Å². The quantitative estimate of drug-likeness (QED) is 0.609. The molecule has 7 heteroatoms. The van der Waals surface area contributed by atoms with E-state index in [1.807, 2.05) is 10.7 Å². The molecule has 0 saturated heterocycles. The van der Waals surface area contributed by atoms with Crippen LogP contribution in [-0.4, -0.2) is 42.2 Å². The first-order valence-corrected chi connectivity index (χ1v) is 4.74. The Labute approximate surface area is 89.1 Å². The number of urea groups is 1. The van der Waals surface area contributed by atoms with Crippen molar-refractivity contribution in [2.24, 2.45) is 0 Å². The van der Waals surface area contributed by atoms with Gasteiger partial charge in [-0.3, -0.25) is 10.00 Å². The van der Waals surface area contributed by atoms with E-state index in [4.69, 9.17) is 7.98 Å². The molecule has 0 atom stereocenters. The highest BCUT2D eigenvalue weighted by molar-refractivity contribution is 6.04. The number of hydrogen-bond donors (Lipinski definition) is 2. The second-order valence-corrected chi connectivity index (χ2v) is 3.42. The molecule has 2 radical (unpaired) electrons. The molecule has 78 valence electrons. The first-order valence-electron chi connectivity index (χ1n) is 4.74. The number of hydrogen-bond acceptors (Lipinski definition) is 3. The Balaban J connectivity index is 2.12. The number of aromatic nitrogens is 2. The first-order chi connectivity index (χ1) is 7.19. The van der Waals surface area contributed by atoms with E-state index in [9.17, 15) is 4.79 Å². The van der Waals surface area contributed by atoms with Crippen LogP contribution in [0.15, 0.2) is 6.07 Å². The molecule has 0 aliphatic carbocycles. The van der Waals surface area contributed by atoms with Gasteiger partial charge >= 0.3 is 6.03 Å². The SMILES string of the molecule is [B]N1CCn2nc(NC(=O)NC)cc2C1. The average Bonchev–Trinajstić information content (AvgIpc) is 2.59. The molecule has 6 nitrogen and oxygen atoms in total. The molecule has 0 unspecified atom stereocenters. The highest BCUT2D eigenvalue weighted by Crippen LogP contribution is 2.14. The molecule has 0 saturated carbocycles. The summed E-state index contributed by atoms with van der Waals surface area (Å²) >= 11 is 0. The van der Waals surface area contributed by atoms with Crippen molar-refractivity contribution >= 4 is 19.8 Å². The van der Waals surface area contributed by atoms with E-state index in [1.165, 1.54) is 0 Å². The van der Waals surface area contributed by atoms with Crippen LogP contribution in [0.3, 0.4) is 0 Å². The molecular formula is C8H12BN5O. The molecular weight excluding hydrogens is 193 g/mol. The summed E-state index contributed by atoms with van der Waals surface area (Å²) < 4.78 is 1.86. The van der Waals surface area contributed by atoms with Crippen molar-refractivity contribution in [2.75, 3.05) is 18.9 Å². The van der Waals surface area contributed by atoms with Crippen molar-refractivity contribution in [1.82, 2.24) is 19.9 Å². The normalized spacial score (nSPS) is 15.8. The summed E-state index contributed by atoms with van der Waals surface area (Å²) in [6.07, 6.45) is 0. The zero-order chi connectivity index (χ0) is 10.8. The summed E-state index contributed by atoms with van der Waals surface area (Å²) in [6.45, 7) is 2.18. The minimum Gasteiger partial charge on any atom is -0.347 e. The maximum atomic E-state index is 11.1. The molecule has 0 aromatic carbocycles. The lowest BCUT2D eigenvalue weighted by Gasteiger charge is -2.23. The van der Waals surface area contributed by atoms with Crippen molar-refractivity contribution in [2.45, 2.75) is 13.1 Å². The summed E-state index contributed by atoms with van der Waals surface area (Å²) in [4.78, 5) is 12.8. The van der Waals surface area contributed by atoms with Gasteiger partial charge in [0, 0.05) is 26.2 Å². The van der Waals surface area contributed by atoms with Gasteiger partial charge in [0.25, 0.3) is 0 Å². The fourth-order valence-corrected chi connectivity index (χ4v) is 1.53. The van der Waals surface area contributed by atoms with Crippen LogP contribution < -0.4 is 10.6 Å². The predicted octanol–water partition coefficient (Wildman–Crippen LogP) is -0.467. The number of carbonyl (C=O) groups excluding carboxylic acids is 1. The number of fused-ring (bicyclic) bond motifs is 1. The van der Waals surface area contributed by atoms with Gasteiger partial charge in [-0.2, -0.15) is 5.10 Å². The zero-order valence-electron chi connectivity index (χ0n) is 8.53. The maximum Gasteiger partial charge on any atom is 0.320 e. The van der Waals surface area contributed by atoms with E-state index >= 15 is 0 Å². The lowest BCUT2D eigenvalue weighted by molar-refractivity contribution is 0.254. The van der Waals surface area contributed by atoms with Crippen molar-refractivity contribution in [3.05, 3.63) is 11.8 Å². The Kier molecular flexibility index (Phi) is 2.63. The van der Waals surface area contributed by atoms with Gasteiger partial charge in [0.05, 0.1) is 12.2 Å². The van der Waals surface area contributed by atoms with Crippen LogP contribution in [0.25, 0.3) is 0 Å². The number of nitrogens with one attached hydrogen (secondary N) is 2. The number of nitrogens with zero attached hydrogens (tertiary/aromatic N) is 3. The molecule has 2 heterocycles. The second kappa shape index (κ2) is 3.94. The van der Waals surface area contributed by atoms with Crippen molar-refractivity contribution < 1.29 is 4.79 Å². The summed E-state index contributed by atoms with van der Waals surface area (Å²) in [5.41, 5.74) is 1.01. The molecule has 0 fully saturated rings. The number of anilines is 1. The predicted molar refractivity (Wildman–Crippen MR) is 56.5 cm³/mol. The zero-order valence-corrected chi connectivity index (χ0v) is 8.53. The van der Waals surface area contributed by atoms with E-state index in [2.05, 4.69) is 15.7 Å². The van der Waals surface area contributed by atoms with Crippen LogP contribution in [0.1, 0.15) is 5.69 Å². The molecule has 1 aromatic heterocycles. The minimum atomic E-state index is -0.268. The summed E-state index contributed by atoms with van der Waals surface area (Å²) in [5, 5.41) is 9.33. The maximum absolute atomic E-state index is 11.1. The van der Waals surface area contributed by atoms with Gasteiger partial charge in [-0.1, -0.05) is 0 Å². The lowest BCUT2D eigenvalue weighted by Crippen LogP contribution is -2.31. The molecule has 2 N–H and O–H groups in total. The van der Waals surface area contributed by atoms with Crippen LogP contribution in [0.4, 0.5) is 10.6 Å². The van der Waals surface area contributed by atoms with Gasteiger partial charge in [0.2, 0.25) is 0 Å². The largest absolute Gasteiger partial charge is 0.347 e. The third kappa shape index (κ3) is 2.12. The van der Waals surface area contributed by atoms with Crippen LogP contribution in [0.5, 0.6) is 0 Å². The van der Waals surface area contributed by atoms with Crippen molar-refractivity contribution in [1.29, 1.82) is 0 Å². The summed E-state index contributed by atoms with van der Waals surface area (Å²) in [7, 11) is 7.24. The van der Waals surface area contributed by atoms with Crippen molar-refractivity contribution in [3.8, 4) is 0 Å². The molecule has 1 aliphatic heterocycles. The summed E-state index contributed by atoms with van der Waals surface area (Å²) in [6, 6.07) is 1.56. The Hall–Kier alpha value is -1.50. The van der Waals surface area contributed by atoms with Gasteiger partial charge in [0.15, 0.2) is 13.8 Å². The Morgan fingerprint density at radius 1 is 1.60 bits per heavy atom. The van der Waals surface area contributed by atoms with Gasteiger partial charge in [-0.05, 0) is 0 Å². The van der Waals surface area contributed by atoms with E-state index < -0.39 is 0 Å².